The van der Waals surface area contributed by atoms with Gasteiger partial charge in [-0.2, -0.15) is 0 Å². The van der Waals surface area contributed by atoms with Crippen LogP contribution in [0.4, 0.5) is 5.69 Å². The summed E-state index contributed by atoms with van der Waals surface area (Å²) < 4.78 is 0. The van der Waals surface area contributed by atoms with Crippen LogP contribution < -0.4 is 11.1 Å². The molecule has 0 aromatic heterocycles. The molecule has 1 aromatic rings. The number of nitrogens with zero attached hydrogens (tertiary/aromatic N) is 3. The van der Waals surface area contributed by atoms with E-state index in [0.29, 0.717) is 30.8 Å². The van der Waals surface area contributed by atoms with Crippen molar-refractivity contribution in [2.75, 3.05) is 19.7 Å². The van der Waals surface area contributed by atoms with Crippen molar-refractivity contribution in [1.29, 1.82) is 0 Å². The minimum Gasteiger partial charge on any atom is -0.396 e. The summed E-state index contributed by atoms with van der Waals surface area (Å²) in [5.74, 6) is -1.01. The lowest BCUT2D eigenvalue weighted by atomic mass is 9.93. The van der Waals surface area contributed by atoms with E-state index in [9.17, 15) is 19.5 Å². The molecular weight excluding hydrogens is 422 g/mol. The van der Waals surface area contributed by atoms with Gasteiger partial charge in [-0.05, 0) is 56.9 Å². The van der Waals surface area contributed by atoms with Crippen molar-refractivity contribution < 1.29 is 19.5 Å². The summed E-state index contributed by atoms with van der Waals surface area (Å²) in [4.78, 5) is 46.1. The Morgan fingerprint density at radius 2 is 1.97 bits per heavy atom. The Kier molecular flexibility index (Phi) is 8.43. The van der Waals surface area contributed by atoms with Gasteiger partial charge in [-0.15, -0.1) is 0 Å². The fourth-order valence-electron chi connectivity index (χ4n) is 4.46. The number of nitrogens with one attached hydrogen (secondary N) is 1. The second-order valence-electron chi connectivity index (χ2n) is 9.09. The summed E-state index contributed by atoms with van der Waals surface area (Å²) >= 11 is 0. The number of aliphatic hydroxyl groups excluding tert-OH is 1. The first-order valence-corrected chi connectivity index (χ1v) is 11.8. The number of hydrogen-bond donors (Lipinski definition) is 3. The Hall–Kier alpha value is -2.94. The van der Waals surface area contributed by atoms with Gasteiger partial charge >= 0.3 is 0 Å². The van der Waals surface area contributed by atoms with Crippen LogP contribution in [0.25, 0.3) is 0 Å². The molecule has 2 amide bonds. The standard InChI is InChI=1S/C24H35N5O4/c1-16(2)26-21(31)15-28-14-18-13-17(9-10-20(18)27-24(28)25)22(32)23(33)29(11-6-12-30)19-7-4-3-5-8-19/h9-10,13,16,19,30H,3-8,11-12,14-15H2,1-2H3,(H2,25,27)(H,26,31). The van der Waals surface area contributed by atoms with E-state index in [0.717, 1.165) is 37.7 Å². The molecule has 3 rings (SSSR count). The Morgan fingerprint density at radius 3 is 2.64 bits per heavy atom. The maximum Gasteiger partial charge on any atom is 0.295 e. The summed E-state index contributed by atoms with van der Waals surface area (Å²) in [6, 6.07) is 5.01. The van der Waals surface area contributed by atoms with Crippen LogP contribution in [0, 0.1) is 0 Å². The van der Waals surface area contributed by atoms with Crippen molar-refractivity contribution in [3.8, 4) is 0 Å². The van der Waals surface area contributed by atoms with Gasteiger partial charge in [0.25, 0.3) is 5.91 Å². The number of benzene rings is 1. The summed E-state index contributed by atoms with van der Waals surface area (Å²) in [5, 5.41) is 12.1. The SMILES string of the molecule is CC(C)NC(=O)CN1Cc2cc(C(=O)C(=O)N(CCCO)C3CCCCC3)ccc2N=C1N. The lowest BCUT2D eigenvalue weighted by molar-refractivity contribution is -0.129. The third kappa shape index (κ3) is 6.31. The molecule has 0 spiro atoms. The van der Waals surface area contributed by atoms with Gasteiger partial charge in [-0.1, -0.05) is 19.3 Å². The average molecular weight is 458 g/mol. The first kappa shape index (κ1) is 24.7. The summed E-state index contributed by atoms with van der Waals surface area (Å²) in [6.45, 7) is 4.49. The third-order valence-corrected chi connectivity index (χ3v) is 6.07. The number of hydrogen-bond acceptors (Lipinski definition) is 7. The number of Topliss-reactive ketones (excluding diaryl/α,β-unsaturated/α-hetero) is 1. The third-order valence-electron chi connectivity index (χ3n) is 6.07. The zero-order valence-corrected chi connectivity index (χ0v) is 19.5. The number of rotatable bonds is 9. The number of nitrogens with two attached hydrogens (primary N) is 1. The molecule has 0 bridgehead atoms. The maximum atomic E-state index is 13.2. The quantitative estimate of drug-likeness (QED) is 0.382. The number of aliphatic imine (C=N–C) groups is 1. The largest absolute Gasteiger partial charge is 0.396 e. The highest BCUT2D eigenvalue weighted by Crippen LogP contribution is 2.28. The van der Waals surface area contributed by atoms with Crippen LogP contribution in [-0.2, 0) is 16.1 Å². The first-order valence-electron chi connectivity index (χ1n) is 11.8. The molecule has 33 heavy (non-hydrogen) atoms. The van der Waals surface area contributed by atoms with E-state index < -0.39 is 11.7 Å². The predicted molar refractivity (Wildman–Crippen MR) is 126 cm³/mol. The van der Waals surface area contributed by atoms with Crippen LogP contribution in [-0.4, -0.2) is 70.2 Å². The molecule has 9 heteroatoms. The van der Waals surface area contributed by atoms with Crippen LogP contribution >= 0.6 is 0 Å². The molecular formula is C24H35N5O4. The molecule has 1 aliphatic carbocycles. The molecule has 180 valence electrons. The minimum atomic E-state index is -0.562. The first-order chi connectivity index (χ1) is 15.8. The van der Waals surface area contributed by atoms with Crippen molar-refractivity contribution >= 4 is 29.2 Å². The molecule has 2 aliphatic rings. The maximum absolute atomic E-state index is 13.2. The zero-order chi connectivity index (χ0) is 24.0. The molecule has 0 unspecified atom stereocenters. The molecule has 1 aromatic carbocycles. The molecule has 9 nitrogen and oxygen atoms in total. The van der Waals surface area contributed by atoms with E-state index in [2.05, 4.69) is 10.3 Å². The molecule has 4 N–H and O–H groups in total. The van der Waals surface area contributed by atoms with Crippen molar-refractivity contribution in [1.82, 2.24) is 15.1 Å². The van der Waals surface area contributed by atoms with Crippen molar-refractivity contribution in [2.24, 2.45) is 10.7 Å². The monoisotopic (exact) mass is 457 g/mol. The predicted octanol–water partition coefficient (Wildman–Crippen LogP) is 1.70. The number of aliphatic hydroxyl groups is 1. The number of fused-ring (bicyclic) bond motifs is 1. The fourth-order valence-corrected chi connectivity index (χ4v) is 4.46. The molecule has 0 radical (unpaired) electrons. The Labute approximate surface area is 195 Å². The summed E-state index contributed by atoms with van der Waals surface area (Å²) in [5.41, 5.74) is 7.69. The van der Waals surface area contributed by atoms with Gasteiger partial charge in [-0.3, -0.25) is 14.4 Å². The minimum absolute atomic E-state index is 0.0147. The normalized spacial score (nSPS) is 16.2. The Balaban J connectivity index is 1.76. The van der Waals surface area contributed by atoms with Gasteiger partial charge in [0.15, 0.2) is 5.96 Å². The summed E-state index contributed by atoms with van der Waals surface area (Å²) in [6.07, 6.45) is 5.44. The van der Waals surface area contributed by atoms with Gasteiger partial charge < -0.3 is 26.0 Å². The van der Waals surface area contributed by atoms with E-state index in [4.69, 9.17) is 5.73 Å². The highest BCUT2D eigenvalue weighted by Gasteiger charge is 2.31. The number of carbonyl (C=O) groups excluding carboxylic acids is 3. The average Bonchev–Trinajstić information content (AvgIpc) is 2.79. The van der Waals surface area contributed by atoms with Gasteiger partial charge in [0.05, 0.1) is 12.2 Å². The molecule has 1 heterocycles. The van der Waals surface area contributed by atoms with Crippen LogP contribution in [0.15, 0.2) is 23.2 Å². The lowest BCUT2D eigenvalue weighted by Gasteiger charge is -2.34. The van der Waals surface area contributed by atoms with E-state index >= 15 is 0 Å². The number of carbonyl (C=O) groups is 3. The van der Waals surface area contributed by atoms with Gasteiger partial charge in [0.2, 0.25) is 11.7 Å². The van der Waals surface area contributed by atoms with Gasteiger partial charge in [0.1, 0.15) is 0 Å². The van der Waals surface area contributed by atoms with Crippen molar-refractivity contribution in [3.05, 3.63) is 29.3 Å². The number of amides is 2. The highest BCUT2D eigenvalue weighted by atomic mass is 16.3. The van der Waals surface area contributed by atoms with E-state index in [1.54, 1.807) is 28.0 Å². The Bertz CT molecular complexity index is 908. The van der Waals surface area contributed by atoms with Gasteiger partial charge in [0, 0.05) is 37.3 Å². The molecule has 0 saturated heterocycles. The van der Waals surface area contributed by atoms with Crippen LogP contribution in [0.3, 0.4) is 0 Å². The number of guanidine groups is 1. The van der Waals surface area contributed by atoms with Gasteiger partial charge in [-0.25, -0.2) is 4.99 Å². The van der Waals surface area contributed by atoms with E-state index in [1.165, 1.54) is 0 Å². The fraction of sp³-hybridized carbons (Fsp3) is 0.583. The number of ketones is 1. The van der Waals surface area contributed by atoms with Crippen LogP contribution in [0.2, 0.25) is 0 Å². The lowest BCUT2D eigenvalue weighted by Crippen LogP contribution is -2.46. The summed E-state index contributed by atoms with van der Waals surface area (Å²) in [7, 11) is 0. The molecule has 0 atom stereocenters. The second-order valence-corrected chi connectivity index (χ2v) is 9.09. The zero-order valence-electron chi connectivity index (χ0n) is 19.5. The van der Waals surface area contributed by atoms with E-state index in [1.807, 2.05) is 13.8 Å². The smallest absolute Gasteiger partial charge is 0.295 e. The van der Waals surface area contributed by atoms with E-state index in [-0.39, 0.29) is 37.1 Å². The van der Waals surface area contributed by atoms with Crippen molar-refractivity contribution in [3.63, 3.8) is 0 Å². The molecule has 1 fully saturated rings. The van der Waals surface area contributed by atoms with Crippen molar-refractivity contribution in [2.45, 2.75) is 71.0 Å². The van der Waals surface area contributed by atoms with Crippen LogP contribution in [0.5, 0.6) is 0 Å². The molecule has 1 saturated carbocycles. The second kappa shape index (κ2) is 11.3. The Morgan fingerprint density at radius 1 is 1.24 bits per heavy atom. The van der Waals surface area contributed by atoms with Crippen LogP contribution in [0.1, 0.15) is 68.3 Å². The topological polar surface area (TPSA) is 128 Å². The molecule has 1 aliphatic heterocycles. The highest BCUT2D eigenvalue weighted by molar-refractivity contribution is 6.42.